The fourth-order valence-electron chi connectivity index (χ4n) is 3.32. The quantitative estimate of drug-likeness (QED) is 0.942. The van der Waals surface area contributed by atoms with Crippen LogP contribution in [0.15, 0.2) is 54.6 Å². The number of amides is 1. The van der Waals surface area contributed by atoms with Crippen molar-refractivity contribution in [2.45, 2.75) is 30.7 Å². The fourth-order valence-corrected chi connectivity index (χ4v) is 3.32. The van der Waals surface area contributed by atoms with Crippen molar-refractivity contribution in [1.82, 2.24) is 5.32 Å². The highest BCUT2D eigenvalue weighted by molar-refractivity contribution is 5.91. The largest absolute Gasteiger partial charge is 0.493 e. The first-order valence-corrected chi connectivity index (χ1v) is 7.88. The SMILES string of the molecule is O=C(N[C@H]1CCOc2ccccc21)C1(c2ccccc2)CC1. The van der Waals surface area contributed by atoms with Gasteiger partial charge in [-0.1, -0.05) is 48.5 Å². The number of rotatable bonds is 3. The summed E-state index contributed by atoms with van der Waals surface area (Å²) in [5.74, 6) is 1.05. The number of carbonyl (C=O) groups is 1. The van der Waals surface area contributed by atoms with Crippen LogP contribution in [0.4, 0.5) is 0 Å². The average molecular weight is 293 g/mol. The van der Waals surface area contributed by atoms with Crippen molar-refractivity contribution in [3.63, 3.8) is 0 Å². The van der Waals surface area contributed by atoms with Crippen LogP contribution in [0.1, 0.15) is 36.4 Å². The number of hydrogen-bond acceptors (Lipinski definition) is 2. The predicted octanol–water partition coefficient (Wildman–Crippen LogP) is 3.36. The molecule has 3 heteroatoms. The van der Waals surface area contributed by atoms with Gasteiger partial charge in [0.05, 0.1) is 18.1 Å². The van der Waals surface area contributed by atoms with Crippen LogP contribution < -0.4 is 10.1 Å². The normalized spacial score (nSPS) is 21.4. The van der Waals surface area contributed by atoms with Gasteiger partial charge >= 0.3 is 0 Å². The summed E-state index contributed by atoms with van der Waals surface area (Å²) in [6.07, 6.45) is 2.70. The maximum Gasteiger partial charge on any atom is 0.231 e. The Morgan fingerprint density at radius 2 is 1.77 bits per heavy atom. The van der Waals surface area contributed by atoms with Gasteiger partial charge in [0.25, 0.3) is 0 Å². The molecular formula is C19H19NO2. The molecular weight excluding hydrogens is 274 g/mol. The molecule has 3 nitrogen and oxygen atoms in total. The first-order chi connectivity index (χ1) is 10.8. The van der Waals surface area contributed by atoms with Gasteiger partial charge in [0, 0.05) is 12.0 Å². The van der Waals surface area contributed by atoms with Crippen molar-refractivity contribution in [3.8, 4) is 5.75 Å². The molecule has 2 aliphatic rings. The van der Waals surface area contributed by atoms with E-state index >= 15 is 0 Å². The molecule has 22 heavy (non-hydrogen) atoms. The first kappa shape index (κ1) is 13.4. The lowest BCUT2D eigenvalue weighted by Gasteiger charge is -2.28. The smallest absolute Gasteiger partial charge is 0.231 e. The summed E-state index contributed by atoms with van der Waals surface area (Å²) in [5, 5.41) is 3.26. The minimum atomic E-state index is -0.311. The second-order valence-corrected chi connectivity index (χ2v) is 6.15. The van der Waals surface area contributed by atoms with Crippen molar-refractivity contribution < 1.29 is 9.53 Å². The van der Waals surface area contributed by atoms with E-state index in [0.29, 0.717) is 6.61 Å². The number of nitrogens with one attached hydrogen (secondary N) is 1. The van der Waals surface area contributed by atoms with Crippen LogP contribution in [-0.2, 0) is 10.2 Å². The Hall–Kier alpha value is -2.29. The number of benzene rings is 2. The standard InChI is InChI=1S/C19H19NO2/c21-18(19(11-12-19)14-6-2-1-3-7-14)20-16-10-13-22-17-9-5-4-8-15(16)17/h1-9,16H,10-13H2,(H,20,21)/t16-/m0/s1. The van der Waals surface area contributed by atoms with Gasteiger partial charge in [0.2, 0.25) is 5.91 Å². The summed E-state index contributed by atoms with van der Waals surface area (Å²) in [6.45, 7) is 0.653. The first-order valence-electron chi connectivity index (χ1n) is 7.88. The maximum atomic E-state index is 12.9. The van der Waals surface area contributed by atoms with Crippen molar-refractivity contribution in [2.75, 3.05) is 6.61 Å². The topological polar surface area (TPSA) is 38.3 Å². The van der Waals surface area contributed by atoms with Crippen LogP contribution in [0.5, 0.6) is 5.75 Å². The Morgan fingerprint density at radius 1 is 1.05 bits per heavy atom. The van der Waals surface area contributed by atoms with Crippen LogP contribution in [0.25, 0.3) is 0 Å². The molecule has 2 aromatic rings. The van der Waals surface area contributed by atoms with Crippen molar-refractivity contribution in [3.05, 3.63) is 65.7 Å². The Bertz CT molecular complexity index is 692. The third-order valence-electron chi connectivity index (χ3n) is 4.77. The highest BCUT2D eigenvalue weighted by Crippen LogP contribution is 2.49. The van der Waals surface area contributed by atoms with Gasteiger partial charge in [-0.2, -0.15) is 0 Å². The summed E-state index contributed by atoms with van der Waals surface area (Å²) in [4.78, 5) is 12.9. The zero-order valence-electron chi connectivity index (χ0n) is 12.4. The molecule has 0 bridgehead atoms. The van der Waals surface area contributed by atoms with E-state index in [9.17, 15) is 4.79 Å². The van der Waals surface area contributed by atoms with Gasteiger partial charge in [0.15, 0.2) is 0 Å². The van der Waals surface area contributed by atoms with E-state index in [1.54, 1.807) is 0 Å². The molecule has 1 atom stereocenters. The molecule has 1 saturated carbocycles. The highest BCUT2D eigenvalue weighted by atomic mass is 16.5. The molecule has 1 aliphatic heterocycles. The minimum Gasteiger partial charge on any atom is -0.493 e. The Labute approximate surface area is 130 Å². The molecule has 4 rings (SSSR count). The summed E-state index contributed by atoms with van der Waals surface area (Å²) >= 11 is 0. The fraction of sp³-hybridized carbons (Fsp3) is 0.316. The summed E-state index contributed by atoms with van der Waals surface area (Å²) in [5.41, 5.74) is 1.91. The van der Waals surface area contributed by atoms with Crippen LogP contribution in [-0.4, -0.2) is 12.5 Å². The van der Waals surface area contributed by atoms with Gasteiger partial charge in [0.1, 0.15) is 5.75 Å². The monoisotopic (exact) mass is 293 g/mol. The molecule has 1 aliphatic carbocycles. The van der Waals surface area contributed by atoms with Gasteiger partial charge in [-0.15, -0.1) is 0 Å². The molecule has 1 N–H and O–H groups in total. The van der Waals surface area contributed by atoms with Gasteiger partial charge in [-0.25, -0.2) is 0 Å². The molecule has 0 unspecified atom stereocenters. The molecule has 1 amide bonds. The van der Waals surface area contributed by atoms with Gasteiger partial charge in [-0.05, 0) is 24.5 Å². The molecule has 0 saturated heterocycles. The van der Waals surface area contributed by atoms with Gasteiger partial charge in [-0.3, -0.25) is 4.79 Å². The number of para-hydroxylation sites is 1. The van der Waals surface area contributed by atoms with Crippen molar-refractivity contribution in [2.24, 2.45) is 0 Å². The Balaban J connectivity index is 1.57. The van der Waals surface area contributed by atoms with Gasteiger partial charge < -0.3 is 10.1 Å². The van der Waals surface area contributed by atoms with Crippen LogP contribution in [0, 0.1) is 0 Å². The maximum absolute atomic E-state index is 12.9. The van der Waals surface area contributed by atoms with E-state index in [-0.39, 0.29) is 17.4 Å². The summed E-state index contributed by atoms with van der Waals surface area (Å²) < 4.78 is 5.67. The predicted molar refractivity (Wildman–Crippen MR) is 84.8 cm³/mol. The third kappa shape index (κ3) is 2.17. The molecule has 1 fully saturated rings. The second kappa shape index (κ2) is 5.16. The van der Waals surface area contributed by atoms with Crippen LogP contribution in [0.3, 0.4) is 0 Å². The van der Waals surface area contributed by atoms with E-state index in [0.717, 1.165) is 36.1 Å². The molecule has 112 valence electrons. The van der Waals surface area contributed by atoms with E-state index in [1.165, 1.54) is 0 Å². The number of carbonyl (C=O) groups excluding carboxylic acids is 1. The van der Waals surface area contributed by atoms with Crippen LogP contribution >= 0.6 is 0 Å². The minimum absolute atomic E-state index is 0.0543. The van der Waals surface area contributed by atoms with E-state index in [1.807, 2.05) is 42.5 Å². The molecule has 2 aromatic carbocycles. The number of ether oxygens (including phenoxy) is 1. The highest BCUT2D eigenvalue weighted by Gasteiger charge is 2.51. The lowest BCUT2D eigenvalue weighted by Crippen LogP contribution is -2.39. The van der Waals surface area contributed by atoms with Crippen LogP contribution in [0.2, 0.25) is 0 Å². The Kier molecular flexibility index (Phi) is 3.14. The lowest BCUT2D eigenvalue weighted by atomic mass is 9.93. The zero-order chi connectivity index (χ0) is 15.0. The van der Waals surface area contributed by atoms with Crippen molar-refractivity contribution in [1.29, 1.82) is 0 Å². The molecule has 0 aromatic heterocycles. The Morgan fingerprint density at radius 3 is 2.55 bits per heavy atom. The third-order valence-corrected chi connectivity index (χ3v) is 4.77. The molecule has 0 spiro atoms. The zero-order valence-corrected chi connectivity index (χ0v) is 12.4. The van der Waals surface area contributed by atoms with E-state index in [4.69, 9.17) is 4.74 Å². The summed E-state index contributed by atoms with van der Waals surface area (Å²) in [6, 6.07) is 18.2. The average Bonchev–Trinajstić information content (AvgIpc) is 3.38. The molecule has 0 radical (unpaired) electrons. The second-order valence-electron chi connectivity index (χ2n) is 6.15. The van der Waals surface area contributed by atoms with E-state index < -0.39 is 0 Å². The summed E-state index contributed by atoms with van der Waals surface area (Å²) in [7, 11) is 0. The van der Waals surface area contributed by atoms with Crippen molar-refractivity contribution >= 4 is 5.91 Å². The number of hydrogen-bond donors (Lipinski definition) is 1. The lowest BCUT2D eigenvalue weighted by molar-refractivity contribution is -0.124. The number of fused-ring (bicyclic) bond motifs is 1. The van der Waals surface area contributed by atoms with E-state index in [2.05, 4.69) is 17.4 Å². The molecule has 1 heterocycles.